The molecule has 3 rings (SSSR count). The minimum atomic E-state index is -0.192. The first-order valence-corrected chi connectivity index (χ1v) is 8.66. The summed E-state index contributed by atoms with van der Waals surface area (Å²) in [5.74, 6) is 0.306. The van der Waals surface area contributed by atoms with Gasteiger partial charge in [0.2, 0.25) is 0 Å². The normalized spacial score (nSPS) is 11.8. The molecule has 3 aromatic carbocycles. The molecule has 2 nitrogen and oxygen atoms in total. The lowest BCUT2D eigenvalue weighted by Gasteiger charge is -2.17. The fourth-order valence-electron chi connectivity index (χ4n) is 2.70. The van der Waals surface area contributed by atoms with Gasteiger partial charge in [-0.1, -0.05) is 92.7 Å². The van der Waals surface area contributed by atoms with Gasteiger partial charge in [-0.25, -0.2) is 0 Å². The Labute approximate surface area is 149 Å². The highest BCUT2D eigenvalue weighted by Crippen LogP contribution is 2.39. The average molecular weight is 330 g/mol. The molecule has 0 aliphatic rings. The van der Waals surface area contributed by atoms with E-state index in [1.807, 2.05) is 92.7 Å². The molecule has 0 spiro atoms. The lowest BCUT2D eigenvalue weighted by atomic mass is 9.97. The zero-order valence-electron chi connectivity index (χ0n) is 14.6. The zero-order chi connectivity index (χ0) is 17.6. The Balaban J connectivity index is 2.14. The summed E-state index contributed by atoms with van der Waals surface area (Å²) in [6, 6.07) is 26.1. The summed E-state index contributed by atoms with van der Waals surface area (Å²) in [4.78, 5) is 12.5. The van der Waals surface area contributed by atoms with Crippen LogP contribution in [0.15, 0.2) is 78.9 Å². The van der Waals surface area contributed by atoms with E-state index in [9.17, 15) is 4.79 Å². The Morgan fingerprint density at radius 3 is 1.72 bits per heavy atom. The first kappa shape index (κ1) is 17.0. The molecular weight excluding hydrogens is 308 g/mol. The highest BCUT2D eigenvalue weighted by Gasteiger charge is 2.19. The minimum Gasteiger partial charge on any atom is -0.425 e. The molecule has 0 aromatic heterocycles. The third-order valence-corrected chi connectivity index (χ3v) is 4.40. The standard InChI is InChI=1S/C23H22O2/c1-3-17(2)23(24)25-22-20(18-11-6-4-7-12-18)15-10-16-21(22)19-13-8-5-9-14-19/h4-17H,3H2,1-2H3. The molecule has 25 heavy (non-hydrogen) atoms. The number of rotatable bonds is 5. The van der Waals surface area contributed by atoms with E-state index < -0.39 is 0 Å². The minimum absolute atomic E-state index is 0.132. The van der Waals surface area contributed by atoms with Crippen LogP contribution in [-0.4, -0.2) is 5.97 Å². The van der Waals surface area contributed by atoms with Crippen molar-refractivity contribution >= 4 is 5.97 Å². The van der Waals surface area contributed by atoms with Crippen molar-refractivity contribution in [3.05, 3.63) is 78.9 Å². The lowest BCUT2D eigenvalue weighted by molar-refractivity contribution is -0.138. The van der Waals surface area contributed by atoms with Gasteiger partial charge in [0.1, 0.15) is 5.75 Å². The van der Waals surface area contributed by atoms with Crippen LogP contribution in [0.3, 0.4) is 0 Å². The van der Waals surface area contributed by atoms with Gasteiger partial charge in [-0.2, -0.15) is 0 Å². The highest BCUT2D eigenvalue weighted by atomic mass is 16.5. The van der Waals surface area contributed by atoms with Gasteiger partial charge >= 0.3 is 5.97 Å². The smallest absolute Gasteiger partial charge is 0.314 e. The number of hydrogen-bond acceptors (Lipinski definition) is 2. The van der Waals surface area contributed by atoms with Gasteiger partial charge < -0.3 is 4.74 Å². The first-order chi connectivity index (χ1) is 12.2. The van der Waals surface area contributed by atoms with Crippen LogP contribution in [0.4, 0.5) is 0 Å². The fraction of sp³-hybridized carbons (Fsp3) is 0.174. The molecular formula is C23H22O2. The van der Waals surface area contributed by atoms with Crippen molar-refractivity contribution in [2.24, 2.45) is 5.92 Å². The molecule has 0 aliphatic carbocycles. The van der Waals surface area contributed by atoms with Gasteiger partial charge in [0, 0.05) is 11.1 Å². The van der Waals surface area contributed by atoms with Crippen molar-refractivity contribution < 1.29 is 9.53 Å². The first-order valence-electron chi connectivity index (χ1n) is 8.66. The van der Waals surface area contributed by atoms with Gasteiger partial charge in [0.25, 0.3) is 0 Å². The maximum absolute atomic E-state index is 12.5. The van der Waals surface area contributed by atoms with Gasteiger partial charge in [-0.15, -0.1) is 0 Å². The summed E-state index contributed by atoms with van der Waals surface area (Å²) < 4.78 is 5.90. The Morgan fingerprint density at radius 2 is 1.28 bits per heavy atom. The molecule has 0 fully saturated rings. The van der Waals surface area contributed by atoms with E-state index in [2.05, 4.69) is 0 Å². The number of esters is 1. The summed E-state index contributed by atoms with van der Waals surface area (Å²) in [6.45, 7) is 3.89. The van der Waals surface area contributed by atoms with Crippen molar-refractivity contribution in [1.29, 1.82) is 0 Å². The van der Waals surface area contributed by atoms with Gasteiger partial charge in [-0.05, 0) is 17.5 Å². The Bertz CT molecular complexity index is 781. The van der Waals surface area contributed by atoms with Gasteiger partial charge in [-0.3, -0.25) is 4.79 Å². The molecule has 1 atom stereocenters. The summed E-state index contributed by atoms with van der Waals surface area (Å²) in [5.41, 5.74) is 3.93. The van der Waals surface area contributed by atoms with Crippen LogP contribution in [0.5, 0.6) is 5.75 Å². The van der Waals surface area contributed by atoms with Crippen LogP contribution in [0.2, 0.25) is 0 Å². The maximum atomic E-state index is 12.5. The van der Waals surface area contributed by atoms with Crippen LogP contribution in [-0.2, 0) is 4.79 Å². The molecule has 1 unspecified atom stereocenters. The SMILES string of the molecule is CCC(C)C(=O)Oc1c(-c2ccccc2)cccc1-c1ccccc1. The molecule has 2 heteroatoms. The summed E-state index contributed by atoms with van der Waals surface area (Å²) in [7, 11) is 0. The Morgan fingerprint density at radius 1 is 0.800 bits per heavy atom. The fourth-order valence-corrected chi connectivity index (χ4v) is 2.70. The Hall–Kier alpha value is -2.87. The molecule has 0 N–H and O–H groups in total. The maximum Gasteiger partial charge on any atom is 0.314 e. The van der Waals surface area contributed by atoms with Crippen LogP contribution < -0.4 is 4.74 Å². The number of carbonyl (C=O) groups excluding carboxylic acids is 1. The molecule has 0 aliphatic heterocycles. The summed E-state index contributed by atoms with van der Waals surface area (Å²) >= 11 is 0. The molecule has 126 valence electrons. The second-order valence-corrected chi connectivity index (χ2v) is 6.14. The van der Waals surface area contributed by atoms with Gasteiger partial charge in [0.15, 0.2) is 0 Å². The van der Waals surface area contributed by atoms with Crippen LogP contribution in [0, 0.1) is 5.92 Å². The predicted octanol–water partition coefficient (Wildman–Crippen LogP) is 5.97. The molecule has 0 bridgehead atoms. The molecule has 0 radical (unpaired) electrons. The summed E-state index contributed by atoms with van der Waals surface area (Å²) in [6.07, 6.45) is 0.757. The van der Waals surface area contributed by atoms with E-state index in [4.69, 9.17) is 4.74 Å². The number of ether oxygens (including phenoxy) is 1. The molecule has 0 amide bonds. The van der Waals surface area contributed by atoms with E-state index in [0.717, 1.165) is 28.7 Å². The predicted molar refractivity (Wildman–Crippen MR) is 102 cm³/mol. The molecule has 0 heterocycles. The highest BCUT2D eigenvalue weighted by molar-refractivity contribution is 5.87. The van der Waals surface area contributed by atoms with E-state index in [-0.39, 0.29) is 11.9 Å². The van der Waals surface area contributed by atoms with Crippen LogP contribution >= 0.6 is 0 Å². The number of para-hydroxylation sites is 1. The number of benzene rings is 3. The lowest BCUT2D eigenvalue weighted by Crippen LogP contribution is -2.17. The topological polar surface area (TPSA) is 26.3 Å². The molecule has 3 aromatic rings. The largest absolute Gasteiger partial charge is 0.425 e. The van der Waals surface area contributed by atoms with Crippen molar-refractivity contribution in [2.45, 2.75) is 20.3 Å². The van der Waals surface area contributed by atoms with Crippen molar-refractivity contribution in [3.8, 4) is 28.0 Å². The zero-order valence-corrected chi connectivity index (χ0v) is 14.6. The average Bonchev–Trinajstić information content (AvgIpc) is 2.68. The quantitative estimate of drug-likeness (QED) is 0.425. The second kappa shape index (κ2) is 7.80. The van der Waals surface area contributed by atoms with Gasteiger partial charge in [0.05, 0.1) is 5.92 Å². The van der Waals surface area contributed by atoms with E-state index in [1.165, 1.54) is 0 Å². The summed E-state index contributed by atoms with van der Waals surface area (Å²) in [5, 5.41) is 0. The third-order valence-electron chi connectivity index (χ3n) is 4.40. The van der Waals surface area contributed by atoms with Crippen molar-refractivity contribution in [1.82, 2.24) is 0 Å². The van der Waals surface area contributed by atoms with Crippen LogP contribution in [0.1, 0.15) is 20.3 Å². The van der Waals surface area contributed by atoms with Crippen molar-refractivity contribution in [2.75, 3.05) is 0 Å². The number of carbonyl (C=O) groups is 1. The Kier molecular flexibility index (Phi) is 5.30. The third kappa shape index (κ3) is 3.80. The molecule has 0 saturated heterocycles. The second-order valence-electron chi connectivity index (χ2n) is 6.14. The van der Waals surface area contributed by atoms with Crippen molar-refractivity contribution in [3.63, 3.8) is 0 Å². The van der Waals surface area contributed by atoms with Crippen LogP contribution in [0.25, 0.3) is 22.3 Å². The molecule has 0 saturated carbocycles. The number of hydrogen-bond donors (Lipinski definition) is 0. The van der Waals surface area contributed by atoms with E-state index >= 15 is 0 Å². The van der Waals surface area contributed by atoms with E-state index in [1.54, 1.807) is 0 Å². The monoisotopic (exact) mass is 330 g/mol. The van der Waals surface area contributed by atoms with E-state index in [0.29, 0.717) is 5.75 Å².